The van der Waals surface area contributed by atoms with Crippen LogP contribution in [-0.2, 0) is 9.84 Å². The van der Waals surface area contributed by atoms with Gasteiger partial charge in [-0.25, -0.2) is 12.8 Å². The molecule has 0 unspecified atom stereocenters. The van der Waals surface area contributed by atoms with Crippen LogP contribution in [0.1, 0.15) is 36.0 Å². The van der Waals surface area contributed by atoms with Crippen LogP contribution in [0.25, 0.3) is 0 Å². The Morgan fingerprint density at radius 1 is 1.33 bits per heavy atom. The minimum Gasteiger partial charge on any atom is -0.494 e. The molecular formula is C15H19FO4S. The minimum absolute atomic E-state index is 0.0281. The SMILES string of the molecule is COc1ccc(C(=O)CS(=O)(=O)CC2CCCC2)cc1F. The number of Topliss-reactive ketones (excluding diaryl/α,β-unsaturated/α-hetero) is 1. The summed E-state index contributed by atoms with van der Waals surface area (Å²) >= 11 is 0. The van der Waals surface area contributed by atoms with Crippen molar-refractivity contribution >= 4 is 15.6 Å². The van der Waals surface area contributed by atoms with E-state index in [-0.39, 0.29) is 23.0 Å². The molecule has 116 valence electrons. The summed E-state index contributed by atoms with van der Waals surface area (Å²) in [5, 5.41) is 0. The van der Waals surface area contributed by atoms with Crippen LogP contribution in [0.3, 0.4) is 0 Å². The Morgan fingerprint density at radius 3 is 2.57 bits per heavy atom. The molecule has 4 nitrogen and oxygen atoms in total. The van der Waals surface area contributed by atoms with Gasteiger partial charge in [0.2, 0.25) is 0 Å². The molecule has 1 aromatic carbocycles. The maximum Gasteiger partial charge on any atom is 0.177 e. The number of ketones is 1. The Balaban J connectivity index is 2.04. The van der Waals surface area contributed by atoms with Gasteiger partial charge in [-0.05, 0) is 37.0 Å². The lowest BCUT2D eigenvalue weighted by Crippen LogP contribution is -2.22. The van der Waals surface area contributed by atoms with E-state index in [1.165, 1.54) is 19.2 Å². The Morgan fingerprint density at radius 2 is 2.00 bits per heavy atom. The van der Waals surface area contributed by atoms with Gasteiger partial charge in [-0.3, -0.25) is 4.79 Å². The van der Waals surface area contributed by atoms with Crippen LogP contribution in [0.4, 0.5) is 4.39 Å². The van der Waals surface area contributed by atoms with Gasteiger partial charge in [0.25, 0.3) is 0 Å². The summed E-state index contributed by atoms with van der Waals surface area (Å²) in [6.07, 6.45) is 3.92. The van der Waals surface area contributed by atoms with Crippen molar-refractivity contribution in [3.63, 3.8) is 0 Å². The first-order chi connectivity index (χ1) is 9.91. The molecule has 0 atom stereocenters. The third-order valence-electron chi connectivity index (χ3n) is 3.79. The van der Waals surface area contributed by atoms with Crippen LogP contribution in [0.5, 0.6) is 5.75 Å². The number of hydrogen-bond acceptors (Lipinski definition) is 4. The lowest BCUT2D eigenvalue weighted by Gasteiger charge is -2.10. The fourth-order valence-corrected chi connectivity index (χ4v) is 4.45. The summed E-state index contributed by atoms with van der Waals surface area (Å²) in [6, 6.07) is 3.73. The average Bonchev–Trinajstić information content (AvgIpc) is 2.90. The molecule has 2 rings (SSSR count). The number of benzene rings is 1. The predicted octanol–water partition coefficient (Wildman–Crippen LogP) is 2.62. The van der Waals surface area contributed by atoms with Gasteiger partial charge in [-0.1, -0.05) is 12.8 Å². The first-order valence-electron chi connectivity index (χ1n) is 6.98. The van der Waals surface area contributed by atoms with Crippen molar-refractivity contribution in [3.8, 4) is 5.75 Å². The maximum atomic E-state index is 13.5. The van der Waals surface area contributed by atoms with Crippen LogP contribution in [0.2, 0.25) is 0 Å². The van der Waals surface area contributed by atoms with E-state index in [4.69, 9.17) is 4.74 Å². The zero-order valence-electron chi connectivity index (χ0n) is 12.0. The highest BCUT2D eigenvalue weighted by Gasteiger charge is 2.25. The highest BCUT2D eigenvalue weighted by molar-refractivity contribution is 7.92. The Hall–Kier alpha value is -1.43. The van der Waals surface area contributed by atoms with Crippen molar-refractivity contribution in [2.24, 2.45) is 5.92 Å². The zero-order chi connectivity index (χ0) is 15.5. The second-order valence-corrected chi connectivity index (χ2v) is 7.59. The van der Waals surface area contributed by atoms with Crippen LogP contribution in [0.15, 0.2) is 18.2 Å². The molecule has 0 heterocycles. The van der Waals surface area contributed by atoms with E-state index in [1.807, 2.05) is 0 Å². The largest absolute Gasteiger partial charge is 0.494 e. The van der Waals surface area contributed by atoms with Crippen LogP contribution in [0, 0.1) is 11.7 Å². The van der Waals surface area contributed by atoms with E-state index in [9.17, 15) is 17.6 Å². The van der Waals surface area contributed by atoms with Gasteiger partial charge in [0.1, 0.15) is 5.75 Å². The monoisotopic (exact) mass is 314 g/mol. The molecule has 1 fully saturated rings. The highest BCUT2D eigenvalue weighted by Crippen LogP contribution is 2.26. The van der Waals surface area contributed by atoms with Crippen molar-refractivity contribution in [2.45, 2.75) is 25.7 Å². The quantitative estimate of drug-likeness (QED) is 0.757. The van der Waals surface area contributed by atoms with Crippen molar-refractivity contribution in [3.05, 3.63) is 29.6 Å². The normalized spacial score (nSPS) is 16.1. The number of methoxy groups -OCH3 is 1. The number of hydrogen-bond donors (Lipinski definition) is 0. The Bertz CT molecular complexity index is 619. The number of rotatable bonds is 6. The standard InChI is InChI=1S/C15H19FO4S/c1-20-15-7-6-12(8-13(15)16)14(17)10-21(18,19)9-11-4-2-3-5-11/h6-8,11H,2-5,9-10H2,1H3. The van der Waals surface area contributed by atoms with Gasteiger partial charge in [0, 0.05) is 5.56 Å². The van der Waals surface area contributed by atoms with Crippen LogP contribution in [-0.4, -0.2) is 32.8 Å². The van der Waals surface area contributed by atoms with E-state index >= 15 is 0 Å². The maximum absolute atomic E-state index is 13.5. The van der Waals surface area contributed by atoms with E-state index in [1.54, 1.807) is 0 Å². The molecule has 0 radical (unpaired) electrons. The minimum atomic E-state index is -3.44. The van der Waals surface area contributed by atoms with E-state index in [2.05, 4.69) is 0 Å². The molecular weight excluding hydrogens is 295 g/mol. The molecule has 1 aliphatic rings. The average molecular weight is 314 g/mol. The lowest BCUT2D eigenvalue weighted by atomic mass is 10.1. The number of sulfone groups is 1. The second-order valence-electron chi connectivity index (χ2n) is 5.48. The molecule has 0 N–H and O–H groups in total. The first-order valence-corrected chi connectivity index (χ1v) is 8.80. The second kappa shape index (κ2) is 6.56. The van der Waals surface area contributed by atoms with Gasteiger partial charge in [0.05, 0.1) is 12.9 Å². The summed E-state index contributed by atoms with van der Waals surface area (Å²) < 4.78 is 42.4. The van der Waals surface area contributed by atoms with Crippen molar-refractivity contribution in [1.29, 1.82) is 0 Å². The van der Waals surface area contributed by atoms with Gasteiger partial charge < -0.3 is 4.74 Å². The van der Waals surface area contributed by atoms with Crippen LogP contribution >= 0.6 is 0 Å². The van der Waals surface area contributed by atoms with E-state index in [0.29, 0.717) is 0 Å². The highest BCUT2D eigenvalue weighted by atomic mass is 32.2. The third-order valence-corrected chi connectivity index (χ3v) is 5.47. The molecule has 0 spiro atoms. The van der Waals surface area contributed by atoms with Crippen LogP contribution < -0.4 is 4.74 Å². The number of carbonyl (C=O) groups is 1. The molecule has 0 aliphatic heterocycles. The fraction of sp³-hybridized carbons (Fsp3) is 0.533. The Kier molecular flexibility index (Phi) is 4.98. The smallest absolute Gasteiger partial charge is 0.177 e. The van der Waals surface area contributed by atoms with Crippen molar-refractivity contribution < 1.29 is 22.3 Å². The summed E-state index contributed by atoms with van der Waals surface area (Å²) in [7, 11) is -2.12. The summed E-state index contributed by atoms with van der Waals surface area (Å²) in [5.41, 5.74) is 0.0586. The molecule has 0 aromatic heterocycles. The number of ether oxygens (including phenoxy) is 1. The van der Waals surface area contributed by atoms with Gasteiger partial charge in [0.15, 0.2) is 27.2 Å². The lowest BCUT2D eigenvalue weighted by molar-refractivity contribution is 0.102. The Labute approximate surface area is 124 Å². The van der Waals surface area contributed by atoms with E-state index < -0.39 is 27.2 Å². The van der Waals surface area contributed by atoms with Gasteiger partial charge in [-0.2, -0.15) is 0 Å². The van der Waals surface area contributed by atoms with Crippen molar-refractivity contribution in [2.75, 3.05) is 18.6 Å². The number of halogens is 1. The molecule has 0 amide bonds. The summed E-state index contributed by atoms with van der Waals surface area (Å²) in [5.74, 6) is -1.56. The summed E-state index contributed by atoms with van der Waals surface area (Å²) in [6.45, 7) is 0. The molecule has 1 saturated carbocycles. The molecule has 6 heteroatoms. The molecule has 0 saturated heterocycles. The van der Waals surface area contributed by atoms with Crippen molar-refractivity contribution in [1.82, 2.24) is 0 Å². The fourth-order valence-electron chi connectivity index (χ4n) is 2.72. The molecule has 1 aliphatic carbocycles. The third kappa shape index (κ3) is 4.27. The van der Waals surface area contributed by atoms with Gasteiger partial charge >= 0.3 is 0 Å². The van der Waals surface area contributed by atoms with Gasteiger partial charge in [-0.15, -0.1) is 0 Å². The topological polar surface area (TPSA) is 60.4 Å². The molecule has 1 aromatic rings. The first kappa shape index (κ1) is 15.9. The summed E-state index contributed by atoms with van der Waals surface area (Å²) in [4.78, 5) is 12.0. The van der Waals surface area contributed by atoms with E-state index in [0.717, 1.165) is 31.7 Å². The molecule has 21 heavy (non-hydrogen) atoms. The zero-order valence-corrected chi connectivity index (χ0v) is 12.8. The number of carbonyl (C=O) groups excluding carboxylic acids is 1. The predicted molar refractivity (Wildman–Crippen MR) is 77.9 cm³/mol. The molecule has 0 bridgehead atoms.